The molecule has 5 heteroatoms. The summed E-state index contributed by atoms with van der Waals surface area (Å²) in [5.74, 6) is 0.540. The lowest BCUT2D eigenvalue weighted by Gasteiger charge is -2.22. The van der Waals surface area contributed by atoms with E-state index in [1.54, 1.807) is 0 Å². The summed E-state index contributed by atoms with van der Waals surface area (Å²) in [7, 11) is 0. The van der Waals surface area contributed by atoms with Gasteiger partial charge in [-0.3, -0.25) is 9.59 Å². The molecule has 1 unspecified atom stereocenters. The molecule has 1 atom stereocenters. The zero-order valence-corrected chi connectivity index (χ0v) is 13.6. The van der Waals surface area contributed by atoms with Gasteiger partial charge in [0.1, 0.15) is 0 Å². The van der Waals surface area contributed by atoms with Crippen LogP contribution in [0.3, 0.4) is 0 Å². The summed E-state index contributed by atoms with van der Waals surface area (Å²) in [5, 5.41) is 2.96. The number of nitrogens with zero attached hydrogens (tertiary/aromatic N) is 1. The largest absolute Gasteiger partial charge is 0.381 e. The molecule has 5 nitrogen and oxygen atoms in total. The molecular formula is C18H24N2O3. The Hall–Kier alpha value is -1.88. The van der Waals surface area contributed by atoms with E-state index in [2.05, 4.69) is 5.32 Å². The number of rotatable bonds is 4. The van der Waals surface area contributed by atoms with Gasteiger partial charge in [-0.1, -0.05) is 0 Å². The van der Waals surface area contributed by atoms with Crippen LogP contribution in [0.5, 0.6) is 0 Å². The average Bonchev–Trinajstić information content (AvgIpc) is 2.94. The van der Waals surface area contributed by atoms with Gasteiger partial charge < -0.3 is 15.0 Å². The standard InChI is InChI=1S/C18H24N2O3/c1-13-10-15(6-7-16(13)20-8-2-5-18(20)22)19-17(21)11-14-4-3-9-23-12-14/h6-7,10,14H,2-5,8-9,11-12H2,1H3,(H,19,21). The molecule has 1 aromatic carbocycles. The van der Waals surface area contributed by atoms with Crippen LogP contribution in [0.4, 0.5) is 11.4 Å². The van der Waals surface area contributed by atoms with Crippen LogP contribution in [0.1, 0.15) is 37.7 Å². The third-order valence-electron chi connectivity index (χ3n) is 4.57. The normalized spacial score (nSPS) is 21.5. The van der Waals surface area contributed by atoms with Crippen LogP contribution in [-0.2, 0) is 14.3 Å². The van der Waals surface area contributed by atoms with Crippen molar-refractivity contribution < 1.29 is 14.3 Å². The first-order valence-electron chi connectivity index (χ1n) is 8.42. The van der Waals surface area contributed by atoms with Crippen LogP contribution in [0, 0.1) is 12.8 Å². The minimum atomic E-state index is 0.0323. The Kier molecular flexibility index (Phi) is 4.96. The predicted octanol–water partition coefficient (Wildman–Crippen LogP) is 2.88. The topological polar surface area (TPSA) is 58.6 Å². The summed E-state index contributed by atoms with van der Waals surface area (Å²) in [6.45, 7) is 4.26. The van der Waals surface area contributed by atoms with Gasteiger partial charge in [-0.15, -0.1) is 0 Å². The van der Waals surface area contributed by atoms with Gasteiger partial charge in [0, 0.05) is 44.0 Å². The molecule has 2 aliphatic rings. The molecule has 0 spiro atoms. The number of hydrogen-bond donors (Lipinski definition) is 1. The summed E-state index contributed by atoms with van der Waals surface area (Å²) >= 11 is 0. The maximum atomic E-state index is 12.2. The van der Waals surface area contributed by atoms with E-state index in [0.29, 0.717) is 25.4 Å². The molecule has 3 rings (SSSR count). The quantitative estimate of drug-likeness (QED) is 0.929. The number of carbonyl (C=O) groups excluding carboxylic acids is 2. The van der Waals surface area contributed by atoms with E-state index in [1.807, 2.05) is 30.0 Å². The number of ether oxygens (including phenoxy) is 1. The fraction of sp³-hybridized carbons (Fsp3) is 0.556. The minimum absolute atomic E-state index is 0.0323. The molecule has 1 N–H and O–H groups in total. The van der Waals surface area contributed by atoms with Gasteiger partial charge in [0.2, 0.25) is 11.8 Å². The van der Waals surface area contributed by atoms with Crippen molar-refractivity contribution in [2.45, 2.75) is 39.0 Å². The van der Waals surface area contributed by atoms with Gasteiger partial charge in [0.05, 0.1) is 0 Å². The van der Waals surface area contributed by atoms with Gasteiger partial charge in [-0.2, -0.15) is 0 Å². The maximum Gasteiger partial charge on any atom is 0.227 e. The van der Waals surface area contributed by atoms with Crippen molar-refractivity contribution in [3.8, 4) is 0 Å². The van der Waals surface area contributed by atoms with Gasteiger partial charge in [-0.25, -0.2) is 0 Å². The fourth-order valence-electron chi connectivity index (χ4n) is 3.38. The average molecular weight is 316 g/mol. The van der Waals surface area contributed by atoms with Gasteiger partial charge in [0.25, 0.3) is 0 Å². The number of nitrogens with one attached hydrogen (secondary N) is 1. The Morgan fingerprint density at radius 1 is 1.39 bits per heavy atom. The van der Waals surface area contributed by atoms with Gasteiger partial charge in [0.15, 0.2) is 0 Å². The number of amides is 2. The van der Waals surface area contributed by atoms with Crippen molar-refractivity contribution in [1.82, 2.24) is 0 Å². The monoisotopic (exact) mass is 316 g/mol. The van der Waals surface area contributed by atoms with Crippen molar-refractivity contribution in [2.24, 2.45) is 5.92 Å². The van der Waals surface area contributed by atoms with Crippen LogP contribution in [0.2, 0.25) is 0 Å². The molecular weight excluding hydrogens is 292 g/mol. The van der Waals surface area contributed by atoms with Crippen molar-refractivity contribution in [2.75, 3.05) is 30.0 Å². The Bertz CT molecular complexity index is 594. The first-order valence-corrected chi connectivity index (χ1v) is 8.42. The third-order valence-corrected chi connectivity index (χ3v) is 4.57. The number of anilines is 2. The van der Waals surface area contributed by atoms with E-state index in [4.69, 9.17) is 4.74 Å². The summed E-state index contributed by atoms with van der Waals surface area (Å²) < 4.78 is 5.42. The molecule has 2 fully saturated rings. The summed E-state index contributed by atoms with van der Waals surface area (Å²) in [4.78, 5) is 25.8. The number of hydrogen-bond acceptors (Lipinski definition) is 3. The smallest absolute Gasteiger partial charge is 0.227 e. The lowest BCUT2D eigenvalue weighted by Crippen LogP contribution is -2.25. The molecule has 0 aromatic heterocycles. The van der Waals surface area contributed by atoms with Crippen LogP contribution >= 0.6 is 0 Å². The first kappa shape index (κ1) is 16.0. The molecule has 2 heterocycles. The second-order valence-corrected chi connectivity index (χ2v) is 6.49. The highest BCUT2D eigenvalue weighted by Crippen LogP contribution is 2.27. The molecule has 0 radical (unpaired) electrons. The van der Waals surface area contributed by atoms with Crippen molar-refractivity contribution in [3.63, 3.8) is 0 Å². The highest BCUT2D eigenvalue weighted by Gasteiger charge is 2.23. The van der Waals surface area contributed by atoms with E-state index < -0.39 is 0 Å². The molecule has 2 saturated heterocycles. The van der Waals surface area contributed by atoms with Crippen molar-refractivity contribution in [3.05, 3.63) is 23.8 Å². The fourth-order valence-corrected chi connectivity index (χ4v) is 3.38. The first-order chi connectivity index (χ1) is 11.1. The van der Waals surface area contributed by atoms with E-state index in [-0.39, 0.29) is 11.8 Å². The highest BCUT2D eigenvalue weighted by atomic mass is 16.5. The molecule has 2 aliphatic heterocycles. The zero-order chi connectivity index (χ0) is 16.2. The van der Waals surface area contributed by atoms with E-state index in [1.165, 1.54) is 0 Å². The molecule has 0 aliphatic carbocycles. The SMILES string of the molecule is Cc1cc(NC(=O)CC2CCCOC2)ccc1N1CCCC1=O. The van der Waals surface area contributed by atoms with Gasteiger partial charge >= 0.3 is 0 Å². The molecule has 0 saturated carbocycles. The Morgan fingerprint density at radius 3 is 2.91 bits per heavy atom. The molecule has 23 heavy (non-hydrogen) atoms. The maximum absolute atomic E-state index is 12.2. The predicted molar refractivity (Wildman–Crippen MR) is 89.6 cm³/mol. The van der Waals surface area contributed by atoms with Crippen LogP contribution in [0.25, 0.3) is 0 Å². The third kappa shape index (κ3) is 3.91. The second-order valence-electron chi connectivity index (χ2n) is 6.49. The number of benzene rings is 1. The van der Waals surface area contributed by atoms with Crippen molar-refractivity contribution in [1.29, 1.82) is 0 Å². The van der Waals surface area contributed by atoms with Crippen LogP contribution < -0.4 is 10.2 Å². The molecule has 2 amide bonds. The second kappa shape index (κ2) is 7.13. The van der Waals surface area contributed by atoms with E-state index in [9.17, 15) is 9.59 Å². The summed E-state index contributed by atoms with van der Waals surface area (Å²) in [5.41, 5.74) is 2.75. The summed E-state index contributed by atoms with van der Waals surface area (Å²) in [6, 6.07) is 5.75. The van der Waals surface area contributed by atoms with E-state index >= 15 is 0 Å². The van der Waals surface area contributed by atoms with Crippen molar-refractivity contribution >= 4 is 23.2 Å². The molecule has 0 bridgehead atoms. The Labute approximate surface area is 137 Å². The lowest BCUT2D eigenvalue weighted by molar-refractivity contribution is -0.118. The Morgan fingerprint density at radius 2 is 2.26 bits per heavy atom. The summed E-state index contributed by atoms with van der Waals surface area (Å²) in [6.07, 6.45) is 4.14. The van der Waals surface area contributed by atoms with Gasteiger partial charge in [-0.05, 0) is 55.9 Å². The minimum Gasteiger partial charge on any atom is -0.381 e. The molecule has 1 aromatic rings. The number of aryl methyl sites for hydroxylation is 1. The van der Waals surface area contributed by atoms with E-state index in [0.717, 1.165) is 49.4 Å². The highest BCUT2D eigenvalue weighted by molar-refractivity contribution is 5.97. The molecule has 124 valence electrons. The number of carbonyl (C=O) groups is 2. The van der Waals surface area contributed by atoms with Crippen LogP contribution in [-0.4, -0.2) is 31.6 Å². The Balaban J connectivity index is 1.61. The lowest BCUT2D eigenvalue weighted by atomic mass is 9.98. The van der Waals surface area contributed by atoms with Crippen LogP contribution in [0.15, 0.2) is 18.2 Å². The zero-order valence-electron chi connectivity index (χ0n) is 13.6.